The smallest absolute Gasteiger partial charge is 0.299 e. The van der Waals surface area contributed by atoms with E-state index in [9.17, 15) is 45.5 Å². The largest absolute Gasteiger partial charge is 0.450 e. The van der Waals surface area contributed by atoms with Crippen LogP contribution in [0.5, 0.6) is 0 Å². The number of alkyl halides is 6. The molecular formula is C10H8F6O4. The molecule has 0 amide bonds. The topological polar surface area (TPSA) is 68.3 Å². The van der Waals surface area contributed by atoms with Crippen LogP contribution in [0.3, 0.4) is 0 Å². The molecule has 0 spiro atoms. The van der Waals surface area contributed by atoms with Gasteiger partial charge in [-0.25, -0.2) is 0 Å². The van der Waals surface area contributed by atoms with Crippen molar-refractivity contribution in [2.45, 2.75) is 38.0 Å². The van der Waals surface area contributed by atoms with Crippen molar-refractivity contribution in [2.24, 2.45) is 0 Å². The molecule has 0 N–H and O–H groups in total. The van der Waals surface area contributed by atoms with E-state index in [0.29, 0.717) is 0 Å². The van der Waals surface area contributed by atoms with Crippen LogP contribution in [0.25, 0.3) is 0 Å². The zero-order valence-corrected chi connectivity index (χ0v) is 9.73. The van der Waals surface area contributed by atoms with Crippen molar-refractivity contribution in [3.05, 3.63) is 0 Å². The molecule has 0 saturated heterocycles. The Kier molecular flexibility index (Phi) is 6.04. The van der Waals surface area contributed by atoms with Crippen LogP contribution in [0.15, 0.2) is 0 Å². The lowest BCUT2D eigenvalue weighted by Crippen LogP contribution is -2.26. The van der Waals surface area contributed by atoms with Gasteiger partial charge in [0, 0.05) is 12.8 Å². The fourth-order valence-corrected chi connectivity index (χ4v) is 1.01. The van der Waals surface area contributed by atoms with Gasteiger partial charge in [0.1, 0.15) is 11.6 Å². The molecule has 4 nitrogen and oxygen atoms in total. The van der Waals surface area contributed by atoms with Crippen LogP contribution in [0.2, 0.25) is 0 Å². The fourth-order valence-electron chi connectivity index (χ4n) is 1.01. The highest BCUT2D eigenvalue weighted by Gasteiger charge is 2.40. The fraction of sp³-hybridized carbons (Fsp3) is 0.600. The Morgan fingerprint density at radius 3 is 1.05 bits per heavy atom. The van der Waals surface area contributed by atoms with Gasteiger partial charge in [-0.05, 0) is 0 Å². The van der Waals surface area contributed by atoms with Gasteiger partial charge < -0.3 is 0 Å². The average molecular weight is 306 g/mol. The van der Waals surface area contributed by atoms with E-state index in [2.05, 4.69) is 0 Å². The van der Waals surface area contributed by atoms with Gasteiger partial charge in [0.05, 0.1) is 12.8 Å². The lowest BCUT2D eigenvalue weighted by Gasteiger charge is -2.05. The van der Waals surface area contributed by atoms with Crippen molar-refractivity contribution >= 4 is 23.1 Å². The van der Waals surface area contributed by atoms with E-state index in [0.717, 1.165) is 0 Å². The number of hydrogen-bond acceptors (Lipinski definition) is 4. The van der Waals surface area contributed by atoms with Gasteiger partial charge in [-0.15, -0.1) is 0 Å². The maximum Gasteiger partial charge on any atom is 0.450 e. The van der Waals surface area contributed by atoms with Gasteiger partial charge >= 0.3 is 12.4 Å². The van der Waals surface area contributed by atoms with Crippen LogP contribution < -0.4 is 0 Å². The van der Waals surface area contributed by atoms with Crippen molar-refractivity contribution < 1.29 is 45.5 Å². The van der Waals surface area contributed by atoms with Crippen molar-refractivity contribution in [1.82, 2.24) is 0 Å². The van der Waals surface area contributed by atoms with E-state index in [4.69, 9.17) is 0 Å². The highest BCUT2D eigenvalue weighted by atomic mass is 19.4. The Balaban J connectivity index is 4.18. The number of ketones is 4. The van der Waals surface area contributed by atoms with Gasteiger partial charge in [0.2, 0.25) is 11.6 Å². The first-order chi connectivity index (χ1) is 8.84. The number of carbonyl (C=O) groups is 4. The molecule has 0 rings (SSSR count). The van der Waals surface area contributed by atoms with Crippen LogP contribution >= 0.6 is 0 Å². The molecule has 0 unspecified atom stereocenters. The highest BCUT2D eigenvalue weighted by molar-refractivity contribution is 6.05. The van der Waals surface area contributed by atoms with Crippen LogP contribution in [0.4, 0.5) is 26.3 Å². The summed E-state index contributed by atoms with van der Waals surface area (Å²) in [6.45, 7) is 0. The van der Waals surface area contributed by atoms with Crippen LogP contribution in [-0.4, -0.2) is 35.5 Å². The minimum absolute atomic E-state index is 0.828. The third-order valence-corrected chi connectivity index (χ3v) is 2.03. The van der Waals surface area contributed by atoms with Crippen molar-refractivity contribution in [3.8, 4) is 0 Å². The van der Waals surface area contributed by atoms with Crippen LogP contribution in [0, 0.1) is 0 Å². The molecule has 20 heavy (non-hydrogen) atoms. The predicted octanol–water partition coefficient (Wildman–Crippen LogP) is 1.95. The van der Waals surface area contributed by atoms with E-state index in [-0.39, 0.29) is 0 Å². The van der Waals surface area contributed by atoms with E-state index < -0.39 is 61.2 Å². The first-order valence-electron chi connectivity index (χ1n) is 5.07. The second-order valence-electron chi connectivity index (χ2n) is 3.77. The number of carbonyl (C=O) groups excluding carboxylic acids is 4. The Hall–Kier alpha value is -1.74. The summed E-state index contributed by atoms with van der Waals surface area (Å²) in [5.74, 6) is -7.08. The minimum atomic E-state index is -5.19. The van der Waals surface area contributed by atoms with Gasteiger partial charge in [0.15, 0.2) is 0 Å². The number of hydrogen-bond donors (Lipinski definition) is 0. The minimum Gasteiger partial charge on any atom is -0.299 e. The summed E-state index contributed by atoms with van der Waals surface area (Å²) in [7, 11) is 0. The zero-order valence-electron chi connectivity index (χ0n) is 9.73. The van der Waals surface area contributed by atoms with Gasteiger partial charge in [-0.3, -0.25) is 19.2 Å². The summed E-state index contributed by atoms with van der Waals surface area (Å²) in [4.78, 5) is 42.6. The summed E-state index contributed by atoms with van der Waals surface area (Å²) < 4.78 is 70.6. The first kappa shape index (κ1) is 18.3. The first-order valence-corrected chi connectivity index (χ1v) is 5.07. The molecule has 0 heterocycles. The van der Waals surface area contributed by atoms with E-state index in [1.807, 2.05) is 0 Å². The maximum atomic E-state index is 11.8. The number of halogens is 6. The van der Waals surface area contributed by atoms with Gasteiger partial charge in [-0.2, -0.15) is 26.3 Å². The Labute approximate surface area is 108 Å². The molecule has 0 atom stereocenters. The summed E-state index contributed by atoms with van der Waals surface area (Å²) in [5, 5.41) is 0. The molecule has 0 bridgehead atoms. The Morgan fingerprint density at radius 2 is 0.850 bits per heavy atom. The summed E-state index contributed by atoms with van der Waals surface area (Å²) >= 11 is 0. The van der Waals surface area contributed by atoms with Crippen LogP contribution in [0.1, 0.15) is 25.7 Å². The molecule has 0 aromatic carbocycles. The summed E-state index contributed by atoms with van der Waals surface area (Å²) in [6.07, 6.45) is -15.0. The molecule has 0 aromatic heterocycles. The number of rotatable bonds is 7. The summed E-state index contributed by atoms with van der Waals surface area (Å²) in [5.41, 5.74) is 0. The second kappa shape index (κ2) is 6.62. The molecule has 0 saturated carbocycles. The highest BCUT2D eigenvalue weighted by Crippen LogP contribution is 2.20. The standard InChI is InChI=1S/C10H8F6O4/c11-9(12,13)7(19)3-5(17)1-2-6(18)4-8(20)10(14,15)16/h1-4H2. The average Bonchev–Trinajstić information content (AvgIpc) is 2.23. The SMILES string of the molecule is O=C(CCC(=O)CC(=O)C(F)(F)F)CC(=O)C(F)(F)F. The lowest BCUT2D eigenvalue weighted by atomic mass is 10.0. The van der Waals surface area contributed by atoms with Crippen molar-refractivity contribution in [3.63, 3.8) is 0 Å². The van der Waals surface area contributed by atoms with Crippen molar-refractivity contribution in [1.29, 1.82) is 0 Å². The second-order valence-corrected chi connectivity index (χ2v) is 3.77. The maximum absolute atomic E-state index is 11.8. The predicted molar refractivity (Wildman–Crippen MR) is 50.6 cm³/mol. The third-order valence-electron chi connectivity index (χ3n) is 2.03. The monoisotopic (exact) mass is 306 g/mol. The molecule has 0 aliphatic rings. The van der Waals surface area contributed by atoms with Gasteiger partial charge in [0.25, 0.3) is 0 Å². The molecule has 0 aliphatic heterocycles. The Bertz CT molecular complexity index is 380. The van der Waals surface area contributed by atoms with E-state index >= 15 is 0 Å². The summed E-state index contributed by atoms with van der Waals surface area (Å²) in [6, 6.07) is 0. The molecule has 0 aliphatic carbocycles. The molecule has 114 valence electrons. The normalized spacial score (nSPS) is 12.1. The molecule has 0 aromatic rings. The lowest BCUT2D eigenvalue weighted by molar-refractivity contribution is -0.172. The van der Waals surface area contributed by atoms with E-state index in [1.165, 1.54) is 0 Å². The zero-order chi connectivity index (χ0) is 16.1. The molecule has 0 radical (unpaired) electrons. The molecule has 0 fully saturated rings. The van der Waals surface area contributed by atoms with E-state index in [1.54, 1.807) is 0 Å². The third kappa shape index (κ3) is 7.00. The quantitative estimate of drug-likeness (QED) is 0.532. The van der Waals surface area contributed by atoms with Crippen molar-refractivity contribution in [2.75, 3.05) is 0 Å². The molecular weight excluding hydrogens is 298 g/mol. The van der Waals surface area contributed by atoms with Gasteiger partial charge in [-0.1, -0.05) is 0 Å². The molecule has 10 heteroatoms. The Morgan fingerprint density at radius 1 is 0.600 bits per heavy atom. The number of Topliss-reactive ketones (excluding diaryl/α,β-unsaturated/α-hetero) is 4. The van der Waals surface area contributed by atoms with Crippen LogP contribution in [-0.2, 0) is 19.2 Å².